The number of nitrogens with one attached hydrogen (secondary N) is 1. The number of hydrogen-bond acceptors (Lipinski definition) is 5. The Hall–Kier alpha value is -1.95. The van der Waals surface area contributed by atoms with Gasteiger partial charge < -0.3 is 15.5 Å². The molecule has 5 nitrogen and oxygen atoms in total. The average molecular weight is 263 g/mol. The molecular formula is C12H13N3O2S. The molecule has 94 valence electrons. The third kappa shape index (κ3) is 3.27. The van der Waals surface area contributed by atoms with E-state index in [1.807, 2.05) is 0 Å². The van der Waals surface area contributed by atoms with E-state index in [4.69, 9.17) is 10.2 Å². The van der Waals surface area contributed by atoms with Gasteiger partial charge in [0.05, 0.1) is 11.4 Å². The Balaban J connectivity index is 1.93. The fourth-order valence-corrected chi connectivity index (χ4v) is 1.98. The Kier molecular flexibility index (Phi) is 3.88. The summed E-state index contributed by atoms with van der Waals surface area (Å²) in [5.74, 6) is -0.108. The van der Waals surface area contributed by atoms with E-state index in [-0.39, 0.29) is 11.2 Å². The van der Waals surface area contributed by atoms with Crippen LogP contribution in [0.2, 0.25) is 0 Å². The second-order valence-corrected chi connectivity index (χ2v) is 4.96. The van der Waals surface area contributed by atoms with Crippen molar-refractivity contribution in [3.05, 3.63) is 36.7 Å². The lowest BCUT2D eigenvalue weighted by atomic mass is 10.3. The van der Waals surface area contributed by atoms with Crippen molar-refractivity contribution in [2.75, 3.05) is 11.1 Å². The summed E-state index contributed by atoms with van der Waals surface area (Å²) in [7, 11) is 0. The van der Waals surface area contributed by atoms with E-state index < -0.39 is 0 Å². The van der Waals surface area contributed by atoms with Crippen LogP contribution in [0.3, 0.4) is 0 Å². The first-order valence-corrected chi connectivity index (χ1v) is 6.25. The second kappa shape index (κ2) is 5.59. The van der Waals surface area contributed by atoms with Crippen LogP contribution in [-0.4, -0.2) is 16.1 Å². The maximum absolute atomic E-state index is 11.9. The quantitative estimate of drug-likeness (QED) is 0.653. The van der Waals surface area contributed by atoms with Crippen LogP contribution in [-0.2, 0) is 4.79 Å². The topological polar surface area (TPSA) is 81.2 Å². The zero-order chi connectivity index (χ0) is 13.0. The van der Waals surface area contributed by atoms with E-state index in [0.717, 1.165) is 0 Å². The molecule has 0 spiro atoms. The van der Waals surface area contributed by atoms with Crippen molar-refractivity contribution in [1.29, 1.82) is 0 Å². The number of hydrogen-bond donors (Lipinski definition) is 2. The maximum atomic E-state index is 11.9. The standard InChI is InChI=1S/C12H13N3O2S/c1-8(18-12-14-6-7-17-12)11(16)15-10-4-2-9(13)3-5-10/h2-8H,13H2,1H3,(H,15,16). The fourth-order valence-electron chi connectivity index (χ4n) is 1.28. The lowest BCUT2D eigenvalue weighted by Gasteiger charge is -2.10. The SMILES string of the molecule is CC(Sc1ncco1)C(=O)Nc1ccc(N)cc1. The highest BCUT2D eigenvalue weighted by molar-refractivity contribution is 8.00. The molecule has 6 heteroatoms. The molecule has 1 heterocycles. The fraction of sp³-hybridized carbons (Fsp3) is 0.167. The number of rotatable bonds is 4. The molecule has 0 aliphatic rings. The van der Waals surface area contributed by atoms with Gasteiger partial charge in [-0.3, -0.25) is 4.79 Å². The van der Waals surface area contributed by atoms with Crippen molar-refractivity contribution in [2.24, 2.45) is 0 Å². The van der Waals surface area contributed by atoms with Crippen LogP contribution in [0.15, 0.2) is 46.4 Å². The number of oxazole rings is 1. The summed E-state index contributed by atoms with van der Waals surface area (Å²) in [4.78, 5) is 15.8. The van der Waals surface area contributed by atoms with Gasteiger partial charge in [0.1, 0.15) is 6.26 Å². The van der Waals surface area contributed by atoms with Crippen LogP contribution >= 0.6 is 11.8 Å². The van der Waals surface area contributed by atoms with Crippen LogP contribution in [0.1, 0.15) is 6.92 Å². The van der Waals surface area contributed by atoms with Crippen molar-refractivity contribution in [3.63, 3.8) is 0 Å². The number of nitrogens with zero attached hydrogens (tertiary/aromatic N) is 1. The van der Waals surface area contributed by atoms with E-state index in [0.29, 0.717) is 16.6 Å². The number of benzene rings is 1. The molecule has 1 aromatic heterocycles. The van der Waals surface area contributed by atoms with E-state index in [1.165, 1.54) is 18.0 Å². The Morgan fingerprint density at radius 2 is 2.17 bits per heavy atom. The maximum Gasteiger partial charge on any atom is 0.256 e. The number of carbonyl (C=O) groups excluding carboxylic acids is 1. The lowest BCUT2D eigenvalue weighted by Crippen LogP contribution is -2.22. The molecule has 0 aliphatic heterocycles. The number of amides is 1. The summed E-state index contributed by atoms with van der Waals surface area (Å²) < 4.78 is 5.08. The van der Waals surface area contributed by atoms with Gasteiger partial charge in [0.2, 0.25) is 5.91 Å². The Bertz CT molecular complexity index is 511. The molecule has 3 N–H and O–H groups in total. The smallest absolute Gasteiger partial charge is 0.256 e. The van der Waals surface area contributed by atoms with Crippen molar-refractivity contribution in [3.8, 4) is 0 Å². The minimum Gasteiger partial charge on any atom is -0.440 e. The summed E-state index contributed by atoms with van der Waals surface area (Å²) in [5, 5.41) is 2.99. The Labute approximate surface area is 109 Å². The number of thioether (sulfide) groups is 1. The van der Waals surface area contributed by atoms with Crippen LogP contribution in [0.25, 0.3) is 0 Å². The van der Waals surface area contributed by atoms with Gasteiger partial charge in [0.25, 0.3) is 5.22 Å². The second-order valence-electron chi connectivity index (χ2n) is 3.67. The van der Waals surface area contributed by atoms with Gasteiger partial charge in [-0.05, 0) is 31.2 Å². The van der Waals surface area contributed by atoms with E-state index in [2.05, 4.69) is 10.3 Å². The molecule has 0 saturated carbocycles. The van der Waals surface area contributed by atoms with Crippen LogP contribution in [0.4, 0.5) is 11.4 Å². The summed E-state index contributed by atoms with van der Waals surface area (Å²) >= 11 is 1.27. The highest BCUT2D eigenvalue weighted by atomic mass is 32.2. The highest BCUT2D eigenvalue weighted by Crippen LogP contribution is 2.22. The normalized spacial score (nSPS) is 12.1. The van der Waals surface area contributed by atoms with Gasteiger partial charge in [-0.1, -0.05) is 11.8 Å². The Morgan fingerprint density at radius 1 is 1.44 bits per heavy atom. The van der Waals surface area contributed by atoms with E-state index >= 15 is 0 Å². The number of anilines is 2. The molecule has 1 atom stereocenters. The first-order chi connectivity index (χ1) is 8.65. The molecule has 2 aromatic rings. The molecule has 2 rings (SSSR count). The third-order valence-electron chi connectivity index (χ3n) is 2.23. The van der Waals surface area contributed by atoms with Gasteiger partial charge in [0.15, 0.2) is 0 Å². The van der Waals surface area contributed by atoms with Crippen molar-refractivity contribution >= 4 is 29.0 Å². The summed E-state index contributed by atoms with van der Waals surface area (Å²) in [6.07, 6.45) is 3.03. The molecule has 0 saturated heterocycles. The molecule has 1 aromatic carbocycles. The molecule has 0 radical (unpaired) electrons. The lowest BCUT2D eigenvalue weighted by molar-refractivity contribution is -0.115. The zero-order valence-corrected chi connectivity index (χ0v) is 10.6. The number of nitrogen functional groups attached to an aromatic ring is 1. The molecule has 0 bridgehead atoms. The van der Waals surface area contributed by atoms with Gasteiger partial charge in [-0.2, -0.15) is 0 Å². The molecule has 18 heavy (non-hydrogen) atoms. The van der Waals surface area contributed by atoms with Gasteiger partial charge in [0, 0.05) is 11.4 Å². The van der Waals surface area contributed by atoms with Crippen LogP contribution in [0.5, 0.6) is 0 Å². The molecule has 0 fully saturated rings. The zero-order valence-electron chi connectivity index (χ0n) is 9.79. The third-order valence-corrected chi connectivity index (χ3v) is 3.21. The highest BCUT2D eigenvalue weighted by Gasteiger charge is 2.16. The molecule has 1 unspecified atom stereocenters. The van der Waals surface area contributed by atoms with E-state index in [9.17, 15) is 4.79 Å². The number of aromatic nitrogens is 1. The monoisotopic (exact) mass is 263 g/mol. The van der Waals surface area contributed by atoms with Gasteiger partial charge in [-0.15, -0.1) is 0 Å². The van der Waals surface area contributed by atoms with Crippen molar-refractivity contribution in [1.82, 2.24) is 4.98 Å². The predicted octanol–water partition coefficient (Wildman–Crippen LogP) is 2.38. The first kappa shape index (κ1) is 12.5. The van der Waals surface area contributed by atoms with Crippen LogP contribution < -0.4 is 11.1 Å². The number of nitrogens with two attached hydrogens (primary N) is 1. The Morgan fingerprint density at radius 3 is 2.78 bits per heavy atom. The molecular weight excluding hydrogens is 250 g/mol. The molecule has 1 amide bonds. The average Bonchev–Trinajstić information content (AvgIpc) is 2.85. The number of carbonyl (C=O) groups is 1. The first-order valence-electron chi connectivity index (χ1n) is 5.37. The van der Waals surface area contributed by atoms with Crippen molar-refractivity contribution in [2.45, 2.75) is 17.4 Å². The minimum atomic E-state index is -0.291. The minimum absolute atomic E-state index is 0.108. The summed E-state index contributed by atoms with van der Waals surface area (Å²) in [6, 6.07) is 6.99. The predicted molar refractivity (Wildman–Crippen MR) is 71.3 cm³/mol. The van der Waals surface area contributed by atoms with Gasteiger partial charge >= 0.3 is 0 Å². The molecule has 0 aliphatic carbocycles. The largest absolute Gasteiger partial charge is 0.440 e. The van der Waals surface area contributed by atoms with Crippen molar-refractivity contribution < 1.29 is 9.21 Å². The van der Waals surface area contributed by atoms with E-state index in [1.54, 1.807) is 37.4 Å². The summed E-state index contributed by atoms with van der Waals surface area (Å²) in [6.45, 7) is 1.79. The van der Waals surface area contributed by atoms with Crippen LogP contribution in [0, 0.1) is 0 Å². The summed E-state index contributed by atoms with van der Waals surface area (Å²) in [5.41, 5.74) is 6.95. The van der Waals surface area contributed by atoms with Gasteiger partial charge in [-0.25, -0.2) is 4.98 Å².